The lowest BCUT2D eigenvalue weighted by Crippen LogP contribution is -1.89. The Hall–Kier alpha value is -1.42. The van der Waals surface area contributed by atoms with E-state index in [0.29, 0.717) is 5.25 Å². The molecule has 0 spiro atoms. The summed E-state index contributed by atoms with van der Waals surface area (Å²) in [6.45, 7) is 6.24. The third-order valence-corrected chi connectivity index (χ3v) is 3.76. The van der Waals surface area contributed by atoms with Crippen LogP contribution in [0.1, 0.15) is 19.4 Å². The second-order valence-corrected chi connectivity index (χ2v) is 6.26. The molecule has 0 fully saturated rings. The molecule has 0 aliphatic heterocycles. The van der Waals surface area contributed by atoms with Crippen LogP contribution in [0.5, 0.6) is 5.88 Å². The molecule has 0 saturated carbocycles. The summed E-state index contributed by atoms with van der Waals surface area (Å²) in [6, 6.07) is 8.31. The minimum Gasteiger partial charge on any atom is -0.493 e. The third kappa shape index (κ3) is 2.53. The maximum Gasteiger partial charge on any atom is 0.212 e. The summed E-state index contributed by atoms with van der Waals surface area (Å²) < 4.78 is 1.50. The van der Waals surface area contributed by atoms with Gasteiger partial charge in [0.2, 0.25) is 5.88 Å². The average molecular weight is 262 g/mol. The Morgan fingerprint density at radius 2 is 1.83 bits per heavy atom. The number of aryl methyl sites for hydroxylation is 1. The predicted molar refractivity (Wildman–Crippen MR) is 76.0 cm³/mol. The second-order valence-electron chi connectivity index (χ2n) is 4.61. The lowest BCUT2D eigenvalue weighted by molar-refractivity contribution is 0.416. The summed E-state index contributed by atoms with van der Waals surface area (Å²) >= 11 is 1.84. The van der Waals surface area contributed by atoms with Gasteiger partial charge in [0.15, 0.2) is 0 Å². The quantitative estimate of drug-likeness (QED) is 0.859. The number of aromatic hydroxyl groups is 1. The van der Waals surface area contributed by atoms with Gasteiger partial charge in [0.25, 0.3) is 0 Å². The SMILES string of the molecule is Cc1c(-c2ccc(SC(C)C)cc2)nn(C)c1O. The van der Waals surface area contributed by atoms with Gasteiger partial charge in [0.05, 0.1) is 5.69 Å². The second kappa shape index (κ2) is 5.06. The zero-order chi connectivity index (χ0) is 13.3. The van der Waals surface area contributed by atoms with Crippen molar-refractivity contribution in [2.75, 3.05) is 0 Å². The van der Waals surface area contributed by atoms with E-state index in [1.165, 1.54) is 9.58 Å². The van der Waals surface area contributed by atoms with Gasteiger partial charge >= 0.3 is 0 Å². The first-order valence-electron chi connectivity index (χ1n) is 5.98. The van der Waals surface area contributed by atoms with E-state index >= 15 is 0 Å². The van der Waals surface area contributed by atoms with E-state index in [1.807, 2.05) is 18.7 Å². The molecule has 1 heterocycles. The first kappa shape index (κ1) is 13.0. The van der Waals surface area contributed by atoms with Gasteiger partial charge < -0.3 is 5.11 Å². The monoisotopic (exact) mass is 262 g/mol. The molecule has 0 atom stereocenters. The number of nitrogens with zero attached hydrogens (tertiary/aromatic N) is 2. The fourth-order valence-electron chi connectivity index (χ4n) is 1.86. The smallest absolute Gasteiger partial charge is 0.212 e. The standard InChI is InChI=1S/C14H18N2OS/c1-9(2)18-12-7-5-11(6-8-12)13-10(3)14(17)16(4)15-13/h5-9,17H,1-4H3. The minimum atomic E-state index is 0.227. The van der Waals surface area contributed by atoms with Crippen LogP contribution in [0.4, 0.5) is 0 Å². The van der Waals surface area contributed by atoms with Crippen LogP contribution in [0, 0.1) is 6.92 Å². The molecular formula is C14H18N2OS. The number of aromatic nitrogens is 2. The maximum absolute atomic E-state index is 9.76. The van der Waals surface area contributed by atoms with Gasteiger partial charge in [-0.1, -0.05) is 26.0 Å². The third-order valence-electron chi connectivity index (χ3n) is 2.75. The maximum atomic E-state index is 9.76. The first-order valence-corrected chi connectivity index (χ1v) is 6.86. The van der Waals surface area contributed by atoms with E-state index in [0.717, 1.165) is 16.8 Å². The highest BCUT2D eigenvalue weighted by molar-refractivity contribution is 7.99. The van der Waals surface area contributed by atoms with Crippen LogP contribution in [0.2, 0.25) is 0 Å². The van der Waals surface area contributed by atoms with Crippen molar-refractivity contribution < 1.29 is 5.11 Å². The van der Waals surface area contributed by atoms with E-state index < -0.39 is 0 Å². The normalized spacial score (nSPS) is 11.2. The summed E-state index contributed by atoms with van der Waals surface area (Å²) in [5.74, 6) is 0.227. The highest BCUT2D eigenvalue weighted by atomic mass is 32.2. The Morgan fingerprint density at radius 3 is 2.28 bits per heavy atom. The van der Waals surface area contributed by atoms with Gasteiger partial charge in [-0.05, 0) is 19.1 Å². The molecule has 2 rings (SSSR count). The molecule has 2 aromatic rings. The molecule has 0 saturated heterocycles. The summed E-state index contributed by atoms with van der Waals surface area (Å²) in [5.41, 5.74) is 2.70. The highest BCUT2D eigenvalue weighted by Crippen LogP contribution is 2.30. The topological polar surface area (TPSA) is 38.0 Å². The van der Waals surface area contributed by atoms with Crippen molar-refractivity contribution in [2.45, 2.75) is 30.9 Å². The molecule has 0 amide bonds. The molecule has 1 aromatic heterocycles. The summed E-state index contributed by atoms with van der Waals surface area (Å²) in [7, 11) is 1.74. The van der Waals surface area contributed by atoms with Crippen molar-refractivity contribution in [1.29, 1.82) is 0 Å². The minimum absolute atomic E-state index is 0.227. The predicted octanol–water partition coefficient (Wildman–Crippen LogP) is 3.60. The summed E-state index contributed by atoms with van der Waals surface area (Å²) in [6.07, 6.45) is 0. The van der Waals surface area contributed by atoms with Gasteiger partial charge in [-0.2, -0.15) is 5.10 Å². The van der Waals surface area contributed by atoms with E-state index in [-0.39, 0.29) is 5.88 Å². The van der Waals surface area contributed by atoms with Crippen LogP contribution in [0.15, 0.2) is 29.2 Å². The Bertz CT molecular complexity index is 544. The lowest BCUT2D eigenvalue weighted by Gasteiger charge is -2.05. The van der Waals surface area contributed by atoms with E-state index in [4.69, 9.17) is 0 Å². The number of rotatable bonds is 3. The van der Waals surface area contributed by atoms with Gasteiger partial charge in [0.1, 0.15) is 0 Å². The zero-order valence-corrected chi connectivity index (χ0v) is 12.0. The molecule has 4 heteroatoms. The molecule has 1 aromatic carbocycles. The Kier molecular flexibility index (Phi) is 3.66. The molecule has 18 heavy (non-hydrogen) atoms. The molecule has 3 nitrogen and oxygen atoms in total. The van der Waals surface area contributed by atoms with Gasteiger partial charge in [0, 0.05) is 28.3 Å². The molecule has 0 aliphatic rings. The van der Waals surface area contributed by atoms with E-state index in [9.17, 15) is 5.11 Å². The van der Waals surface area contributed by atoms with E-state index in [1.54, 1.807) is 7.05 Å². The number of benzene rings is 1. The van der Waals surface area contributed by atoms with Crippen LogP contribution in [-0.2, 0) is 7.05 Å². The summed E-state index contributed by atoms with van der Waals surface area (Å²) in [5, 5.41) is 14.7. The fourth-order valence-corrected chi connectivity index (χ4v) is 2.70. The van der Waals surface area contributed by atoms with Crippen LogP contribution in [-0.4, -0.2) is 20.1 Å². The van der Waals surface area contributed by atoms with Crippen LogP contribution in [0.3, 0.4) is 0 Å². The molecule has 96 valence electrons. The molecular weight excluding hydrogens is 244 g/mol. The van der Waals surface area contributed by atoms with Crippen molar-refractivity contribution in [3.8, 4) is 17.1 Å². The van der Waals surface area contributed by atoms with Crippen molar-refractivity contribution in [3.63, 3.8) is 0 Å². The van der Waals surface area contributed by atoms with Crippen LogP contribution >= 0.6 is 11.8 Å². The Balaban J connectivity index is 2.31. The Morgan fingerprint density at radius 1 is 1.22 bits per heavy atom. The molecule has 0 aliphatic carbocycles. The Labute approximate surface area is 112 Å². The average Bonchev–Trinajstić information content (AvgIpc) is 2.57. The largest absolute Gasteiger partial charge is 0.493 e. The molecule has 0 radical (unpaired) electrons. The van der Waals surface area contributed by atoms with Crippen molar-refractivity contribution >= 4 is 11.8 Å². The molecule has 1 N–H and O–H groups in total. The van der Waals surface area contributed by atoms with Crippen molar-refractivity contribution in [3.05, 3.63) is 29.8 Å². The number of hydrogen-bond acceptors (Lipinski definition) is 3. The molecule has 0 bridgehead atoms. The molecule has 0 unspecified atom stereocenters. The van der Waals surface area contributed by atoms with Crippen LogP contribution < -0.4 is 0 Å². The number of thioether (sulfide) groups is 1. The van der Waals surface area contributed by atoms with Gasteiger partial charge in [-0.25, -0.2) is 4.68 Å². The van der Waals surface area contributed by atoms with Crippen molar-refractivity contribution in [2.24, 2.45) is 7.05 Å². The van der Waals surface area contributed by atoms with E-state index in [2.05, 4.69) is 43.2 Å². The van der Waals surface area contributed by atoms with Gasteiger partial charge in [-0.15, -0.1) is 11.8 Å². The fraction of sp³-hybridized carbons (Fsp3) is 0.357. The number of hydrogen-bond donors (Lipinski definition) is 1. The summed E-state index contributed by atoms with van der Waals surface area (Å²) in [4.78, 5) is 1.26. The van der Waals surface area contributed by atoms with Crippen molar-refractivity contribution in [1.82, 2.24) is 9.78 Å². The zero-order valence-electron chi connectivity index (χ0n) is 11.1. The van der Waals surface area contributed by atoms with Crippen LogP contribution in [0.25, 0.3) is 11.3 Å². The highest BCUT2D eigenvalue weighted by Gasteiger charge is 2.12. The first-order chi connectivity index (χ1) is 8.49. The van der Waals surface area contributed by atoms with Gasteiger partial charge in [-0.3, -0.25) is 0 Å². The lowest BCUT2D eigenvalue weighted by atomic mass is 10.1.